The van der Waals surface area contributed by atoms with E-state index in [1.165, 1.54) is 0 Å². The maximum Gasteiger partial charge on any atom is 2.00 e. The molecule has 37 heavy (non-hydrogen) atoms. The van der Waals surface area contributed by atoms with Gasteiger partial charge in [-0.2, -0.15) is 0 Å². The molecule has 0 saturated heterocycles. The number of nitrogens with zero attached hydrogens (tertiary/aromatic N) is 5. The Morgan fingerprint density at radius 3 is 0.919 bits per heavy atom. The molecule has 0 aliphatic rings. The smallest absolute Gasteiger partial charge is 0.577 e. The minimum Gasteiger partial charge on any atom is -0.577 e. The van der Waals surface area contributed by atoms with Crippen LogP contribution in [0.25, 0.3) is 11.2 Å². The largest absolute Gasteiger partial charge is 2.00 e. The number of nitroso groups, excluding NO2 is 2. The maximum atomic E-state index is 13.6. The van der Waals surface area contributed by atoms with Gasteiger partial charge in [-0.1, -0.05) is 18.2 Å². The summed E-state index contributed by atoms with van der Waals surface area (Å²) in [6, 6.07) is 16.1. The summed E-state index contributed by atoms with van der Waals surface area (Å²) in [7, 11) is -15.1. The summed E-state index contributed by atoms with van der Waals surface area (Å²) >= 11 is 0. The molecule has 0 spiro atoms. The summed E-state index contributed by atoms with van der Waals surface area (Å²) in [5, 5.41) is 0. The molecule has 0 bridgehead atoms. The topological polar surface area (TPSA) is 154 Å². The summed E-state index contributed by atoms with van der Waals surface area (Å²) in [5.74, 6) is 0. The third kappa shape index (κ3) is 20.7. The van der Waals surface area contributed by atoms with Crippen molar-refractivity contribution in [3.05, 3.63) is 101 Å². The van der Waals surface area contributed by atoms with Crippen molar-refractivity contribution in [1.29, 1.82) is 0 Å². The molecular formula is C16H12B2F8N5O4PW-2. The first kappa shape index (κ1) is 41.0. The van der Waals surface area contributed by atoms with Crippen LogP contribution in [0.4, 0.5) is 34.5 Å². The van der Waals surface area contributed by atoms with Crippen molar-refractivity contribution >= 4 is 38.0 Å². The van der Waals surface area contributed by atoms with Gasteiger partial charge in [0.05, 0.1) is 0 Å². The second-order valence-electron chi connectivity index (χ2n) is 5.16. The second-order valence-corrected chi connectivity index (χ2v) is 7.76. The summed E-state index contributed by atoms with van der Waals surface area (Å²) in [6.07, 6.45) is 4.90. The monoisotopic (exact) mass is 727 g/mol. The number of halogens is 8. The van der Waals surface area contributed by atoms with Crippen LogP contribution in [0.1, 0.15) is 0 Å². The van der Waals surface area contributed by atoms with E-state index >= 15 is 0 Å². The van der Waals surface area contributed by atoms with Crippen molar-refractivity contribution < 1.29 is 64.8 Å². The van der Waals surface area contributed by atoms with Gasteiger partial charge in [0.1, 0.15) is 16.3 Å². The Balaban J connectivity index is -0.000000269. The Bertz CT molecular complexity index is 900. The summed E-state index contributed by atoms with van der Waals surface area (Å²) < 4.78 is 99.1. The van der Waals surface area contributed by atoms with Crippen molar-refractivity contribution in [2.45, 2.75) is 0 Å². The molecule has 0 amide bonds. The normalized spacial score (nSPS) is 9.57. The molecule has 0 unspecified atom stereocenters. The SMILES string of the molecule is F[B-](F)(F)F.F[B-](F)(F)F.O=P(c1ccccn1)(c1ccccn1)c1ccccn1.[C-]#[O+].[N-]=O.[N-]=O.[W+2]. The molecule has 0 aliphatic carbocycles. The zero-order valence-electron chi connectivity index (χ0n) is 17.8. The number of pyridine rings is 3. The standard InChI is InChI=1S/C15H12N3OP.CO.2BF4.2NO.W/c19-20(13-7-1-4-10-16-13,14-8-2-5-11-17-14)15-9-3-6-12-18-15;1-2;2*2-1(3,4)5;2*1-2;/h1-12H;;;;;;/q;;4*-1;+2. The third-order valence-electron chi connectivity index (χ3n) is 2.92. The van der Waals surface area contributed by atoms with Crippen LogP contribution in [0.2, 0.25) is 0 Å². The number of aromatic nitrogens is 3. The Morgan fingerprint density at radius 2 is 0.784 bits per heavy atom. The minimum absolute atomic E-state index is 0. The molecular weight excluding hydrogens is 715 g/mol. The van der Waals surface area contributed by atoms with Gasteiger partial charge in [0.2, 0.25) is 7.14 Å². The van der Waals surface area contributed by atoms with Crippen LogP contribution in [0.3, 0.4) is 0 Å². The average molecular weight is 727 g/mol. The summed E-state index contributed by atoms with van der Waals surface area (Å²) in [4.78, 5) is 27.3. The Hall–Kier alpha value is -3.12. The van der Waals surface area contributed by atoms with Crippen molar-refractivity contribution in [2.24, 2.45) is 0 Å². The fraction of sp³-hybridized carbons (Fsp3) is 0. The maximum absolute atomic E-state index is 13.6. The molecule has 3 rings (SSSR count). The van der Waals surface area contributed by atoms with Crippen molar-refractivity contribution in [2.75, 3.05) is 0 Å². The molecule has 0 atom stereocenters. The van der Waals surface area contributed by atoms with Gasteiger partial charge < -0.3 is 60.1 Å². The zero-order valence-corrected chi connectivity index (χ0v) is 21.7. The first-order valence-corrected chi connectivity index (χ1v) is 10.2. The van der Waals surface area contributed by atoms with Crippen molar-refractivity contribution in [3.8, 4) is 0 Å². The fourth-order valence-electron chi connectivity index (χ4n) is 1.97. The van der Waals surface area contributed by atoms with E-state index in [-0.39, 0.29) is 21.1 Å². The van der Waals surface area contributed by atoms with Crippen LogP contribution >= 0.6 is 7.14 Å². The van der Waals surface area contributed by atoms with E-state index in [1.54, 1.807) is 55.0 Å². The van der Waals surface area contributed by atoms with Crippen LogP contribution in [0.5, 0.6) is 0 Å². The molecule has 21 heteroatoms. The van der Waals surface area contributed by atoms with Crippen molar-refractivity contribution in [3.63, 3.8) is 0 Å². The van der Waals surface area contributed by atoms with Gasteiger partial charge in [-0.25, -0.2) is 0 Å². The first-order chi connectivity index (χ1) is 16.8. The predicted octanol–water partition coefficient (Wildman–Crippen LogP) is 4.72. The molecule has 0 aliphatic heterocycles. The van der Waals surface area contributed by atoms with Crippen LogP contribution in [0, 0.1) is 16.5 Å². The minimum atomic E-state index is -6.00. The summed E-state index contributed by atoms with van der Waals surface area (Å²) in [5.41, 5.74) is 13.0. The first-order valence-electron chi connectivity index (χ1n) is 8.48. The molecule has 3 aromatic rings. The van der Waals surface area contributed by atoms with Crippen LogP contribution in [-0.4, -0.2) is 29.5 Å². The second kappa shape index (κ2) is 22.1. The van der Waals surface area contributed by atoms with E-state index < -0.39 is 21.7 Å². The van der Waals surface area contributed by atoms with Gasteiger partial charge in [-0.05, 0) is 36.4 Å². The molecule has 9 nitrogen and oxygen atoms in total. The number of rotatable bonds is 3. The van der Waals surface area contributed by atoms with Gasteiger partial charge >= 0.3 is 46.9 Å². The van der Waals surface area contributed by atoms with Crippen molar-refractivity contribution in [1.82, 2.24) is 15.0 Å². The third-order valence-corrected chi connectivity index (χ3v) is 5.65. The average Bonchev–Trinajstić information content (AvgIpc) is 2.87. The van der Waals surface area contributed by atoms with Gasteiger partial charge in [0.15, 0.2) is 0 Å². The van der Waals surface area contributed by atoms with E-state index in [0.29, 0.717) is 16.3 Å². The molecule has 3 heterocycles. The van der Waals surface area contributed by atoms with E-state index in [2.05, 4.69) is 21.6 Å². The zero-order chi connectivity index (χ0) is 28.8. The van der Waals surface area contributed by atoms with E-state index in [1.807, 2.05) is 18.2 Å². The number of hydrogen-bond acceptors (Lipinski definition) is 6. The molecule has 200 valence electrons. The molecule has 0 radical (unpaired) electrons. The van der Waals surface area contributed by atoms with E-state index in [4.69, 9.17) is 25.7 Å². The fourth-order valence-corrected chi connectivity index (χ4v) is 4.25. The Morgan fingerprint density at radius 1 is 0.595 bits per heavy atom. The molecule has 0 N–H and O–H groups in total. The quantitative estimate of drug-likeness (QED) is 0.125. The number of hydrogen-bond donors (Lipinski definition) is 0. The Labute approximate surface area is 218 Å². The van der Waals surface area contributed by atoms with Crippen LogP contribution in [0.15, 0.2) is 73.2 Å². The van der Waals surface area contributed by atoms with Crippen LogP contribution in [-0.2, 0) is 30.3 Å². The van der Waals surface area contributed by atoms with E-state index in [0.717, 1.165) is 0 Å². The van der Waals surface area contributed by atoms with E-state index in [9.17, 15) is 39.1 Å². The predicted molar refractivity (Wildman–Crippen MR) is 117 cm³/mol. The van der Waals surface area contributed by atoms with Gasteiger partial charge in [0, 0.05) is 18.6 Å². The molecule has 0 fully saturated rings. The van der Waals surface area contributed by atoms with Gasteiger partial charge in [-0.15, -0.1) is 0 Å². The van der Waals surface area contributed by atoms with Crippen LogP contribution < -0.4 is 16.3 Å². The van der Waals surface area contributed by atoms with Gasteiger partial charge in [-0.3, -0.25) is 15.0 Å². The molecule has 0 saturated carbocycles. The van der Waals surface area contributed by atoms with Gasteiger partial charge in [0.25, 0.3) is 0 Å². The molecule has 3 aromatic heterocycles. The summed E-state index contributed by atoms with van der Waals surface area (Å²) in [6.45, 7) is 4.50. The Kier molecular flexibility index (Phi) is 24.5. The molecule has 0 aromatic carbocycles.